The molecule has 3 rings (SSSR count). The van der Waals surface area contributed by atoms with E-state index in [4.69, 9.17) is 0 Å². The number of amides is 3. The number of rotatable bonds is 3. The van der Waals surface area contributed by atoms with Crippen LogP contribution in [-0.4, -0.2) is 60.7 Å². The van der Waals surface area contributed by atoms with Crippen molar-refractivity contribution >= 4 is 23.9 Å². The summed E-state index contributed by atoms with van der Waals surface area (Å²) >= 11 is 0. The van der Waals surface area contributed by atoms with E-state index >= 15 is 0 Å². The van der Waals surface area contributed by atoms with Crippen molar-refractivity contribution in [2.45, 2.75) is 12.6 Å². The molecule has 1 atom stereocenters. The van der Waals surface area contributed by atoms with Crippen LogP contribution >= 0.6 is 0 Å². The molecule has 2 heterocycles. The summed E-state index contributed by atoms with van der Waals surface area (Å²) in [7, 11) is 0. The van der Waals surface area contributed by atoms with Crippen LogP contribution in [0.5, 0.6) is 0 Å². The molecule has 26 heavy (non-hydrogen) atoms. The van der Waals surface area contributed by atoms with E-state index in [1.807, 2.05) is 0 Å². The van der Waals surface area contributed by atoms with Gasteiger partial charge >= 0.3 is 6.18 Å². The number of piperazine rings is 1. The smallest absolute Gasteiger partial charge is 0.342 e. The number of anilines is 1. The fraction of sp³-hybridized carbons (Fsp3) is 0.471. The van der Waals surface area contributed by atoms with Gasteiger partial charge in [-0.05, 0) is 12.1 Å². The fourth-order valence-corrected chi connectivity index (χ4v) is 3.36. The van der Waals surface area contributed by atoms with Gasteiger partial charge in [0.1, 0.15) is 0 Å². The number of alkyl halides is 3. The van der Waals surface area contributed by atoms with Crippen LogP contribution < -0.4 is 4.90 Å². The van der Waals surface area contributed by atoms with Gasteiger partial charge in [0.05, 0.1) is 17.2 Å². The Morgan fingerprint density at radius 1 is 1.12 bits per heavy atom. The van der Waals surface area contributed by atoms with Crippen LogP contribution in [-0.2, 0) is 20.6 Å². The van der Waals surface area contributed by atoms with E-state index in [0.29, 0.717) is 26.2 Å². The molecule has 140 valence electrons. The van der Waals surface area contributed by atoms with Gasteiger partial charge in [0.15, 0.2) is 0 Å². The van der Waals surface area contributed by atoms with Crippen molar-refractivity contribution in [2.75, 3.05) is 37.6 Å². The summed E-state index contributed by atoms with van der Waals surface area (Å²) in [5.74, 6) is -1.42. The number of para-hydroxylation sites is 1. The predicted molar refractivity (Wildman–Crippen MR) is 86.1 cm³/mol. The Morgan fingerprint density at radius 3 is 2.38 bits per heavy atom. The van der Waals surface area contributed by atoms with Crippen molar-refractivity contribution in [1.29, 1.82) is 0 Å². The standard InChI is InChI=1S/C17H18F3N3O3/c18-17(19,20)13-3-1-2-4-14(13)23-10-12(9-15(23)25)16(26)22-7-5-21(11-24)6-8-22/h1-4,11-12H,5-10H2. The molecule has 0 N–H and O–H groups in total. The van der Waals surface area contributed by atoms with Crippen LogP contribution in [0.15, 0.2) is 24.3 Å². The maximum Gasteiger partial charge on any atom is 0.418 e. The van der Waals surface area contributed by atoms with Crippen LogP contribution in [0, 0.1) is 5.92 Å². The molecule has 1 aromatic rings. The van der Waals surface area contributed by atoms with E-state index in [9.17, 15) is 27.6 Å². The first kappa shape index (κ1) is 18.2. The summed E-state index contributed by atoms with van der Waals surface area (Å²) in [6, 6.07) is 4.88. The van der Waals surface area contributed by atoms with E-state index in [1.165, 1.54) is 18.2 Å². The molecule has 9 heteroatoms. The lowest BCUT2D eigenvalue weighted by Gasteiger charge is -2.34. The van der Waals surface area contributed by atoms with Crippen molar-refractivity contribution in [3.8, 4) is 0 Å². The van der Waals surface area contributed by atoms with Crippen LogP contribution in [0.4, 0.5) is 18.9 Å². The number of carbonyl (C=O) groups excluding carboxylic acids is 3. The van der Waals surface area contributed by atoms with Crippen LogP contribution in [0.3, 0.4) is 0 Å². The first-order chi connectivity index (χ1) is 12.3. The molecule has 0 aliphatic carbocycles. The SMILES string of the molecule is O=CN1CCN(C(=O)C2CC(=O)N(c3ccccc3C(F)(F)F)C2)CC1. The maximum atomic E-state index is 13.2. The Kier molecular flexibility index (Phi) is 4.88. The molecular formula is C17H18F3N3O3. The summed E-state index contributed by atoms with van der Waals surface area (Å²) in [5, 5.41) is 0. The predicted octanol–water partition coefficient (Wildman–Crippen LogP) is 1.36. The van der Waals surface area contributed by atoms with Crippen molar-refractivity contribution in [3.05, 3.63) is 29.8 Å². The van der Waals surface area contributed by atoms with Crippen molar-refractivity contribution < 1.29 is 27.6 Å². The normalized spacial score (nSPS) is 21.3. The highest BCUT2D eigenvalue weighted by atomic mass is 19.4. The average Bonchev–Trinajstić information content (AvgIpc) is 3.02. The molecule has 2 fully saturated rings. The monoisotopic (exact) mass is 369 g/mol. The number of halogens is 3. The molecule has 0 aromatic heterocycles. The number of benzene rings is 1. The van der Waals surface area contributed by atoms with Gasteiger partial charge in [-0.15, -0.1) is 0 Å². The third-order valence-corrected chi connectivity index (χ3v) is 4.75. The summed E-state index contributed by atoms with van der Waals surface area (Å²) in [6.07, 6.45) is -3.97. The van der Waals surface area contributed by atoms with Crippen molar-refractivity contribution in [2.24, 2.45) is 5.92 Å². The average molecular weight is 369 g/mol. The minimum Gasteiger partial charge on any atom is -0.342 e. The summed E-state index contributed by atoms with van der Waals surface area (Å²) in [5.41, 5.74) is -1.10. The molecule has 0 radical (unpaired) electrons. The number of carbonyl (C=O) groups is 3. The first-order valence-corrected chi connectivity index (χ1v) is 8.26. The van der Waals surface area contributed by atoms with E-state index in [-0.39, 0.29) is 24.6 Å². The lowest BCUT2D eigenvalue weighted by Crippen LogP contribution is -2.50. The zero-order chi connectivity index (χ0) is 18.9. The van der Waals surface area contributed by atoms with Gasteiger partial charge in [-0.25, -0.2) is 0 Å². The summed E-state index contributed by atoms with van der Waals surface area (Å²) in [6.45, 7) is 1.48. The zero-order valence-electron chi connectivity index (χ0n) is 13.9. The first-order valence-electron chi connectivity index (χ1n) is 8.26. The minimum atomic E-state index is -4.58. The Hall–Kier alpha value is -2.58. The lowest BCUT2D eigenvalue weighted by atomic mass is 10.1. The van der Waals surface area contributed by atoms with Crippen molar-refractivity contribution in [3.63, 3.8) is 0 Å². The molecule has 2 aliphatic heterocycles. The van der Waals surface area contributed by atoms with Crippen molar-refractivity contribution in [1.82, 2.24) is 9.80 Å². The molecule has 0 spiro atoms. The molecule has 0 saturated carbocycles. The molecule has 0 bridgehead atoms. The third-order valence-electron chi connectivity index (χ3n) is 4.75. The zero-order valence-corrected chi connectivity index (χ0v) is 13.9. The number of hydrogen-bond acceptors (Lipinski definition) is 3. The number of hydrogen-bond donors (Lipinski definition) is 0. The van der Waals surface area contributed by atoms with E-state index < -0.39 is 23.6 Å². The Morgan fingerprint density at radius 2 is 1.77 bits per heavy atom. The highest BCUT2D eigenvalue weighted by Gasteiger charge is 2.41. The molecule has 2 aliphatic rings. The van der Waals surface area contributed by atoms with Crippen LogP contribution in [0.2, 0.25) is 0 Å². The minimum absolute atomic E-state index is 0.0708. The molecular weight excluding hydrogens is 351 g/mol. The number of nitrogens with zero attached hydrogens (tertiary/aromatic N) is 3. The van der Waals surface area contributed by atoms with Crippen LogP contribution in [0.25, 0.3) is 0 Å². The van der Waals surface area contributed by atoms with Gasteiger partial charge in [0.25, 0.3) is 0 Å². The summed E-state index contributed by atoms with van der Waals surface area (Å²) < 4.78 is 39.6. The third kappa shape index (κ3) is 3.51. The van der Waals surface area contributed by atoms with Gasteiger partial charge in [-0.1, -0.05) is 12.1 Å². The second-order valence-corrected chi connectivity index (χ2v) is 6.39. The van der Waals surface area contributed by atoms with Gasteiger partial charge in [0, 0.05) is 39.1 Å². The van der Waals surface area contributed by atoms with Gasteiger partial charge in [-0.3, -0.25) is 14.4 Å². The largest absolute Gasteiger partial charge is 0.418 e. The van der Waals surface area contributed by atoms with E-state index in [1.54, 1.807) is 9.80 Å². The highest BCUT2D eigenvalue weighted by molar-refractivity contribution is 6.01. The van der Waals surface area contributed by atoms with Gasteiger partial charge in [0.2, 0.25) is 18.2 Å². The topological polar surface area (TPSA) is 60.9 Å². The molecule has 3 amide bonds. The van der Waals surface area contributed by atoms with E-state index in [2.05, 4.69) is 0 Å². The van der Waals surface area contributed by atoms with E-state index in [0.717, 1.165) is 17.4 Å². The lowest BCUT2D eigenvalue weighted by molar-refractivity contribution is -0.139. The van der Waals surface area contributed by atoms with Crippen LogP contribution in [0.1, 0.15) is 12.0 Å². The second kappa shape index (κ2) is 6.97. The molecule has 2 saturated heterocycles. The molecule has 1 aromatic carbocycles. The van der Waals surface area contributed by atoms with Gasteiger partial charge < -0.3 is 14.7 Å². The fourth-order valence-electron chi connectivity index (χ4n) is 3.36. The molecule has 1 unspecified atom stereocenters. The van der Waals surface area contributed by atoms with Gasteiger partial charge in [-0.2, -0.15) is 13.2 Å². The Bertz CT molecular complexity index is 715. The summed E-state index contributed by atoms with van der Waals surface area (Å²) in [4.78, 5) is 39.8. The maximum absolute atomic E-state index is 13.2. The quantitative estimate of drug-likeness (QED) is 0.756. The second-order valence-electron chi connectivity index (χ2n) is 6.39. The molecule has 6 nitrogen and oxygen atoms in total. The highest BCUT2D eigenvalue weighted by Crippen LogP contribution is 2.38. The Balaban J connectivity index is 1.74. The Labute approximate surface area is 148 Å².